The van der Waals surface area contributed by atoms with Gasteiger partial charge < -0.3 is 24.3 Å². The highest BCUT2D eigenvalue weighted by Gasteiger charge is 2.12. The molecule has 0 bridgehead atoms. The summed E-state index contributed by atoms with van der Waals surface area (Å²) in [5.74, 6) is 0.589. The van der Waals surface area contributed by atoms with E-state index in [1.165, 1.54) is 13.3 Å². The number of nitrogens with zero attached hydrogens (tertiary/aromatic N) is 1. The summed E-state index contributed by atoms with van der Waals surface area (Å²) in [4.78, 5) is 24.1. The number of ether oxygens (including phenoxy) is 4. The summed E-state index contributed by atoms with van der Waals surface area (Å²) in [6.45, 7) is 0.609. The molecule has 0 heterocycles. The lowest BCUT2D eigenvalue weighted by atomic mass is 10.1. The molecule has 2 N–H and O–H groups in total. The third kappa shape index (κ3) is 8.15. The fraction of sp³-hybridized carbons (Fsp3) is 0.222. The average molecular weight is 526 g/mol. The highest BCUT2D eigenvalue weighted by Crippen LogP contribution is 2.29. The van der Waals surface area contributed by atoms with Gasteiger partial charge in [0.1, 0.15) is 6.61 Å². The first kappa shape index (κ1) is 27.3. The van der Waals surface area contributed by atoms with E-state index >= 15 is 0 Å². The zero-order valence-electron chi connectivity index (χ0n) is 20.7. The number of hydrogen-bond acceptors (Lipinski definition) is 7. The lowest BCUT2D eigenvalue weighted by Gasteiger charge is -2.11. The van der Waals surface area contributed by atoms with Crippen LogP contribution in [0.25, 0.3) is 0 Å². The van der Waals surface area contributed by atoms with E-state index in [0.717, 1.165) is 11.1 Å². The van der Waals surface area contributed by atoms with Gasteiger partial charge in [-0.15, -0.1) is 0 Å². The van der Waals surface area contributed by atoms with Crippen LogP contribution < -0.4 is 29.7 Å². The molecule has 37 heavy (non-hydrogen) atoms. The Bertz CT molecular complexity index is 1250. The van der Waals surface area contributed by atoms with Crippen LogP contribution in [-0.4, -0.2) is 45.9 Å². The van der Waals surface area contributed by atoms with Crippen molar-refractivity contribution in [3.8, 4) is 23.0 Å². The van der Waals surface area contributed by atoms with Crippen molar-refractivity contribution < 1.29 is 28.5 Å². The third-order valence-corrected chi connectivity index (χ3v) is 5.48. The highest BCUT2D eigenvalue weighted by molar-refractivity contribution is 6.35. The molecule has 2 amide bonds. The van der Waals surface area contributed by atoms with E-state index in [4.69, 9.17) is 30.5 Å². The van der Waals surface area contributed by atoms with E-state index in [9.17, 15) is 9.59 Å². The Balaban J connectivity index is 1.47. The fourth-order valence-corrected chi connectivity index (χ4v) is 3.40. The minimum absolute atomic E-state index is 0.264. The Morgan fingerprint density at radius 3 is 2.16 bits per heavy atom. The van der Waals surface area contributed by atoms with Crippen LogP contribution in [0.3, 0.4) is 0 Å². The first-order chi connectivity index (χ1) is 17.9. The maximum atomic E-state index is 12.1. The van der Waals surface area contributed by atoms with Gasteiger partial charge in [0.25, 0.3) is 0 Å². The van der Waals surface area contributed by atoms with Gasteiger partial charge in [-0.05, 0) is 65.6 Å². The Morgan fingerprint density at radius 2 is 1.46 bits per heavy atom. The zero-order chi connectivity index (χ0) is 26.6. The SMILES string of the molecule is COc1ccc(CCNC(=O)C(=O)N/N=C\c2ccc(OCc3ccc(Cl)cc3)c(OC)c2)cc1OC. The summed E-state index contributed by atoms with van der Waals surface area (Å²) in [6.07, 6.45) is 1.91. The molecule has 10 heteroatoms. The number of hydrogen-bond donors (Lipinski definition) is 2. The number of carbonyl (C=O) groups is 2. The van der Waals surface area contributed by atoms with Crippen molar-refractivity contribution in [2.45, 2.75) is 13.0 Å². The van der Waals surface area contributed by atoms with Gasteiger partial charge >= 0.3 is 11.8 Å². The number of halogens is 1. The van der Waals surface area contributed by atoms with E-state index in [1.807, 2.05) is 24.3 Å². The van der Waals surface area contributed by atoms with Gasteiger partial charge in [-0.2, -0.15) is 5.10 Å². The quantitative estimate of drug-likeness (QED) is 0.224. The van der Waals surface area contributed by atoms with Crippen molar-refractivity contribution in [1.82, 2.24) is 10.7 Å². The Morgan fingerprint density at radius 1 is 0.811 bits per heavy atom. The summed E-state index contributed by atoms with van der Waals surface area (Å²) in [5.41, 5.74) is 4.74. The summed E-state index contributed by atoms with van der Waals surface area (Å²) >= 11 is 5.91. The summed E-state index contributed by atoms with van der Waals surface area (Å²) in [7, 11) is 4.64. The number of methoxy groups -OCH3 is 3. The van der Waals surface area contributed by atoms with Crippen LogP contribution in [0.5, 0.6) is 23.0 Å². The van der Waals surface area contributed by atoms with Crippen molar-refractivity contribution >= 4 is 29.6 Å². The van der Waals surface area contributed by atoms with E-state index in [0.29, 0.717) is 46.6 Å². The van der Waals surface area contributed by atoms with Crippen molar-refractivity contribution in [1.29, 1.82) is 0 Å². The molecule has 0 aromatic heterocycles. The molecule has 0 saturated heterocycles. The summed E-state index contributed by atoms with van der Waals surface area (Å²) in [6, 6.07) is 18.0. The number of benzene rings is 3. The topological polar surface area (TPSA) is 107 Å². The monoisotopic (exact) mass is 525 g/mol. The van der Waals surface area contributed by atoms with Gasteiger partial charge in [-0.25, -0.2) is 5.43 Å². The highest BCUT2D eigenvalue weighted by atomic mass is 35.5. The lowest BCUT2D eigenvalue weighted by Crippen LogP contribution is -2.38. The minimum atomic E-state index is -0.876. The third-order valence-electron chi connectivity index (χ3n) is 5.23. The second-order valence-electron chi connectivity index (χ2n) is 7.72. The molecule has 0 fully saturated rings. The Hall–Kier alpha value is -4.24. The molecular formula is C27H28ClN3O6. The number of hydrazone groups is 1. The zero-order valence-corrected chi connectivity index (χ0v) is 21.5. The number of rotatable bonds is 11. The number of carbonyl (C=O) groups excluding carboxylic acids is 2. The van der Waals surface area contributed by atoms with Crippen LogP contribution in [0.1, 0.15) is 16.7 Å². The number of nitrogens with one attached hydrogen (secondary N) is 2. The van der Waals surface area contributed by atoms with Crippen molar-refractivity contribution in [3.05, 3.63) is 82.4 Å². The van der Waals surface area contributed by atoms with Gasteiger partial charge in [0.15, 0.2) is 23.0 Å². The van der Waals surface area contributed by atoms with E-state index in [2.05, 4.69) is 15.8 Å². The van der Waals surface area contributed by atoms with Gasteiger partial charge in [-0.3, -0.25) is 9.59 Å². The molecule has 0 saturated carbocycles. The standard InChI is InChI=1S/C27H28ClN3O6/c1-34-22-10-6-18(14-24(22)35-2)12-13-29-26(32)27(33)31-30-16-20-7-11-23(25(15-20)36-3)37-17-19-4-8-21(28)9-5-19/h4-11,14-16H,12-13,17H2,1-3H3,(H,29,32)(H,31,33)/b30-16-. The Labute approximate surface area is 220 Å². The minimum Gasteiger partial charge on any atom is -0.493 e. The fourth-order valence-electron chi connectivity index (χ4n) is 3.28. The molecule has 9 nitrogen and oxygen atoms in total. The van der Waals surface area contributed by atoms with Gasteiger partial charge in [0.2, 0.25) is 0 Å². The van der Waals surface area contributed by atoms with Crippen LogP contribution in [0.4, 0.5) is 0 Å². The first-order valence-corrected chi connectivity index (χ1v) is 11.7. The van der Waals surface area contributed by atoms with E-state index in [1.54, 1.807) is 50.6 Å². The number of amides is 2. The average Bonchev–Trinajstić information content (AvgIpc) is 2.92. The maximum absolute atomic E-state index is 12.1. The van der Waals surface area contributed by atoms with Crippen LogP contribution in [0.15, 0.2) is 65.8 Å². The smallest absolute Gasteiger partial charge is 0.329 e. The molecule has 0 spiro atoms. The van der Waals surface area contributed by atoms with Crippen molar-refractivity contribution in [3.63, 3.8) is 0 Å². The predicted octanol–water partition coefficient (Wildman–Crippen LogP) is 3.75. The largest absolute Gasteiger partial charge is 0.493 e. The second-order valence-corrected chi connectivity index (χ2v) is 8.16. The van der Waals surface area contributed by atoms with E-state index < -0.39 is 11.8 Å². The van der Waals surface area contributed by atoms with Crippen molar-refractivity contribution in [2.24, 2.45) is 5.10 Å². The van der Waals surface area contributed by atoms with Crippen LogP contribution in [-0.2, 0) is 22.6 Å². The van der Waals surface area contributed by atoms with E-state index in [-0.39, 0.29) is 6.54 Å². The molecule has 0 aliphatic heterocycles. The predicted molar refractivity (Wildman–Crippen MR) is 141 cm³/mol. The Kier molecular flexibility index (Phi) is 10.2. The maximum Gasteiger partial charge on any atom is 0.329 e. The van der Waals surface area contributed by atoms with Gasteiger partial charge in [0, 0.05) is 11.6 Å². The molecule has 0 aliphatic carbocycles. The van der Waals surface area contributed by atoms with Crippen molar-refractivity contribution in [2.75, 3.05) is 27.9 Å². The second kappa shape index (κ2) is 13.7. The molecule has 0 atom stereocenters. The molecule has 0 aliphatic rings. The lowest BCUT2D eigenvalue weighted by molar-refractivity contribution is -0.139. The molecule has 0 unspecified atom stereocenters. The van der Waals surface area contributed by atoms with Crippen LogP contribution in [0, 0.1) is 0 Å². The van der Waals surface area contributed by atoms with Crippen LogP contribution in [0.2, 0.25) is 5.02 Å². The van der Waals surface area contributed by atoms with Gasteiger partial charge in [0.05, 0.1) is 27.5 Å². The molecular weight excluding hydrogens is 498 g/mol. The summed E-state index contributed by atoms with van der Waals surface area (Å²) in [5, 5.41) is 7.07. The normalized spacial score (nSPS) is 10.6. The molecule has 3 aromatic rings. The summed E-state index contributed by atoms with van der Waals surface area (Å²) < 4.78 is 21.7. The molecule has 194 valence electrons. The van der Waals surface area contributed by atoms with Gasteiger partial charge in [-0.1, -0.05) is 29.8 Å². The molecule has 0 radical (unpaired) electrons. The molecule has 3 rings (SSSR count). The van der Waals surface area contributed by atoms with Crippen LogP contribution >= 0.6 is 11.6 Å². The first-order valence-electron chi connectivity index (χ1n) is 11.3. The molecule has 3 aromatic carbocycles.